The van der Waals surface area contributed by atoms with E-state index in [1.807, 2.05) is 62.4 Å². The summed E-state index contributed by atoms with van der Waals surface area (Å²) in [4.78, 5) is 24.2. The fourth-order valence-electron chi connectivity index (χ4n) is 2.06. The van der Waals surface area contributed by atoms with E-state index in [1.165, 1.54) is 11.8 Å². The monoisotopic (exact) mass is 342 g/mol. The molecule has 0 bridgehead atoms. The highest BCUT2D eigenvalue weighted by molar-refractivity contribution is 8.01. The molecule has 0 aromatic heterocycles. The van der Waals surface area contributed by atoms with Gasteiger partial charge in [-0.1, -0.05) is 35.9 Å². The Morgan fingerprint density at radius 3 is 2.33 bits per heavy atom. The second-order valence-corrected chi connectivity index (χ2v) is 7.00. The van der Waals surface area contributed by atoms with Crippen LogP contribution in [0, 0.1) is 13.8 Å². The van der Waals surface area contributed by atoms with Crippen molar-refractivity contribution in [2.45, 2.75) is 26.0 Å². The molecule has 0 aliphatic heterocycles. The molecule has 2 amide bonds. The van der Waals surface area contributed by atoms with Gasteiger partial charge in [0.15, 0.2) is 0 Å². The zero-order valence-corrected chi connectivity index (χ0v) is 14.9. The predicted octanol–water partition coefficient (Wildman–Crippen LogP) is 4.00. The molecule has 1 atom stereocenters. The average molecular weight is 342 g/mol. The van der Waals surface area contributed by atoms with E-state index in [9.17, 15) is 9.59 Å². The Hall–Kier alpha value is -2.27. The summed E-state index contributed by atoms with van der Waals surface area (Å²) in [5.41, 5.74) is 3.73. The molecule has 126 valence electrons. The minimum Gasteiger partial charge on any atom is -0.325 e. The number of hydrogen-bond acceptors (Lipinski definition) is 3. The Labute approximate surface area is 147 Å². The summed E-state index contributed by atoms with van der Waals surface area (Å²) in [6.45, 7) is 5.75. The van der Waals surface area contributed by atoms with Crippen LogP contribution in [0.15, 0.2) is 48.5 Å². The predicted molar refractivity (Wildman–Crippen MR) is 102 cm³/mol. The lowest BCUT2D eigenvalue weighted by atomic mass is 10.2. The molecule has 4 nitrogen and oxygen atoms in total. The van der Waals surface area contributed by atoms with Crippen LogP contribution < -0.4 is 10.6 Å². The number of amides is 2. The molecule has 0 saturated heterocycles. The minimum atomic E-state index is -0.312. The van der Waals surface area contributed by atoms with Gasteiger partial charge in [-0.25, -0.2) is 0 Å². The van der Waals surface area contributed by atoms with Gasteiger partial charge in [0.2, 0.25) is 11.8 Å². The lowest BCUT2D eigenvalue weighted by molar-refractivity contribution is -0.115. The van der Waals surface area contributed by atoms with Crippen molar-refractivity contribution in [3.05, 3.63) is 59.7 Å². The van der Waals surface area contributed by atoms with E-state index in [4.69, 9.17) is 0 Å². The highest BCUT2D eigenvalue weighted by Crippen LogP contribution is 2.17. The van der Waals surface area contributed by atoms with Gasteiger partial charge in [0.25, 0.3) is 0 Å². The maximum atomic E-state index is 12.2. The molecule has 0 fully saturated rings. The number of aryl methyl sites for hydroxylation is 2. The molecule has 0 radical (unpaired) electrons. The number of rotatable bonds is 6. The third-order valence-electron chi connectivity index (χ3n) is 3.57. The smallest absolute Gasteiger partial charge is 0.237 e. The van der Waals surface area contributed by atoms with Gasteiger partial charge in [0.1, 0.15) is 0 Å². The van der Waals surface area contributed by atoms with Crippen LogP contribution >= 0.6 is 11.8 Å². The van der Waals surface area contributed by atoms with Crippen LogP contribution in [0.1, 0.15) is 18.1 Å². The summed E-state index contributed by atoms with van der Waals surface area (Å²) >= 11 is 1.32. The van der Waals surface area contributed by atoms with Crippen LogP contribution in [0.5, 0.6) is 0 Å². The van der Waals surface area contributed by atoms with Crippen molar-refractivity contribution in [1.82, 2.24) is 0 Å². The summed E-state index contributed by atoms with van der Waals surface area (Å²) in [5, 5.41) is 5.42. The minimum absolute atomic E-state index is 0.0996. The Balaban J connectivity index is 1.80. The molecule has 0 saturated carbocycles. The number of benzene rings is 2. The lowest BCUT2D eigenvalue weighted by Gasteiger charge is -2.13. The number of hydrogen-bond donors (Lipinski definition) is 2. The average Bonchev–Trinajstić information content (AvgIpc) is 2.56. The quantitative estimate of drug-likeness (QED) is 0.834. The summed E-state index contributed by atoms with van der Waals surface area (Å²) in [5.74, 6) is 0.0211. The Kier molecular flexibility index (Phi) is 6.44. The van der Waals surface area contributed by atoms with Gasteiger partial charge in [-0.15, -0.1) is 11.8 Å². The number of carbonyl (C=O) groups is 2. The van der Waals surface area contributed by atoms with E-state index in [-0.39, 0.29) is 22.8 Å². The normalized spacial score (nSPS) is 11.6. The third kappa shape index (κ3) is 5.42. The maximum Gasteiger partial charge on any atom is 0.237 e. The summed E-state index contributed by atoms with van der Waals surface area (Å²) in [6, 6.07) is 15.3. The molecule has 0 heterocycles. The molecular formula is C19H22N2O2S. The van der Waals surface area contributed by atoms with E-state index in [2.05, 4.69) is 10.6 Å². The summed E-state index contributed by atoms with van der Waals surface area (Å²) < 4.78 is 0. The van der Waals surface area contributed by atoms with Crippen molar-refractivity contribution in [3.8, 4) is 0 Å². The standard InChI is InChI=1S/C19H22N2O2S/c1-13-8-10-16(11-9-13)20-18(22)12-24-15(3)19(23)21-17-7-5-4-6-14(17)2/h4-11,15H,12H2,1-3H3,(H,20,22)(H,21,23)/t15-/m1/s1. The largest absolute Gasteiger partial charge is 0.325 e. The van der Waals surface area contributed by atoms with E-state index in [0.29, 0.717) is 0 Å². The first-order valence-corrected chi connectivity index (χ1v) is 8.85. The lowest BCUT2D eigenvalue weighted by Crippen LogP contribution is -2.25. The van der Waals surface area contributed by atoms with Gasteiger partial charge >= 0.3 is 0 Å². The Morgan fingerprint density at radius 1 is 1.00 bits per heavy atom. The summed E-state index contributed by atoms with van der Waals surface area (Å²) in [7, 11) is 0. The first-order valence-electron chi connectivity index (χ1n) is 7.80. The van der Waals surface area contributed by atoms with Gasteiger partial charge in [0, 0.05) is 11.4 Å². The second-order valence-electron chi connectivity index (χ2n) is 5.67. The molecule has 0 aliphatic rings. The van der Waals surface area contributed by atoms with Crippen molar-refractivity contribution in [1.29, 1.82) is 0 Å². The van der Waals surface area contributed by atoms with Gasteiger partial charge in [-0.2, -0.15) is 0 Å². The molecule has 5 heteroatoms. The number of carbonyl (C=O) groups excluding carboxylic acids is 2. The van der Waals surface area contributed by atoms with E-state index >= 15 is 0 Å². The van der Waals surface area contributed by atoms with Crippen LogP contribution in [0.2, 0.25) is 0 Å². The number of thioether (sulfide) groups is 1. The molecule has 24 heavy (non-hydrogen) atoms. The van der Waals surface area contributed by atoms with Crippen molar-refractivity contribution in [2.24, 2.45) is 0 Å². The first kappa shape index (κ1) is 18.1. The highest BCUT2D eigenvalue weighted by atomic mass is 32.2. The molecular weight excluding hydrogens is 320 g/mol. The van der Waals surface area contributed by atoms with Crippen molar-refractivity contribution >= 4 is 35.0 Å². The first-order chi connectivity index (χ1) is 11.5. The van der Waals surface area contributed by atoms with Crippen LogP contribution in [-0.2, 0) is 9.59 Å². The zero-order chi connectivity index (χ0) is 17.5. The topological polar surface area (TPSA) is 58.2 Å². The van der Waals surface area contributed by atoms with Crippen LogP contribution in [-0.4, -0.2) is 22.8 Å². The van der Waals surface area contributed by atoms with Crippen LogP contribution in [0.25, 0.3) is 0 Å². The van der Waals surface area contributed by atoms with Crippen molar-refractivity contribution < 1.29 is 9.59 Å². The van der Waals surface area contributed by atoms with Gasteiger partial charge < -0.3 is 10.6 Å². The van der Waals surface area contributed by atoms with Crippen LogP contribution in [0.4, 0.5) is 11.4 Å². The maximum absolute atomic E-state index is 12.2. The van der Waals surface area contributed by atoms with Crippen molar-refractivity contribution in [2.75, 3.05) is 16.4 Å². The highest BCUT2D eigenvalue weighted by Gasteiger charge is 2.16. The number of nitrogens with one attached hydrogen (secondary N) is 2. The van der Waals surface area contributed by atoms with Gasteiger partial charge in [0.05, 0.1) is 11.0 Å². The molecule has 2 rings (SSSR count). The van der Waals surface area contributed by atoms with Crippen molar-refractivity contribution in [3.63, 3.8) is 0 Å². The molecule has 0 spiro atoms. The van der Waals surface area contributed by atoms with Gasteiger partial charge in [-0.3, -0.25) is 9.59 Å². The number of para-hydroxylation sites is 1. The molecule has 2 aromatic carbocycles. The van der Waals surface area contributed by atoms with E-state index in [0.717, 1.165) is 22.5 Å². The SMILES string of the molecule is Cc1ccc(NC(=O)CS[C@H](C)C(=O)Nc2ccccc2C)cc1. The molecule has 2 aromatic rings. The fourth-order valence-corrected chi connectivity index (χ4v) is 2.74. The Bertz CT molecular complexity index is 714. The van der Waals surface area contributed by atoms with E-state index < -0.39 is 0 Å². The van der Waals surface area contributed by atoms with Gasteiger partial charge in [-0.05, 0) is 44.5 Å². The Morgan fingerprint density at radius 2 is 1.67 bits per heavy atom. The number of anilines is 2. The summed E-state index contributed by atoms with van der Waals surface area (Å²) in [6.07, 6.45) is 0. The van der Waals surface area contributed by atoms with Crippen LogP contribution in [0.3, 0.4) is 0 Å². The molecule has 2 N–H and O–H groups in total. The third-order valence-corrected chi connectivity index (χ3v) is 4.71. The molecule has 0 aliphatic carbocycles. The second kappa shape index (κ2) is 8.55. The van der Waals surface area contributed by atoms with E-state index in [1.54, 1.807) is 6.92 Å². The molecule has 0 unspecified atom stereocenters. The fraction of sp³-hybridized carbons (Fsp3) is 0.263. The zero-order valence-electron chi connectivity index (χ0n) is 14.1.